The maximum Gasteiger partial charge on any atom is 0.347 e. The lowest BCUT2D eigenvalue weighted by atomic mass is 9.86. The highest BCUT2D eigenvalue weighted by molar-refractivity contribution is 6.26. The van der Waals surface area contributed by atoms with Crippen molar-refractivity contribution in [2.75, 3.05) is 0 Å². The number of fused-ring (bicyclic) bond motifs is 3. The largest absolute Gasteiger partial charge is 0.386 e. The zero-order chi connectivity index (χ0) is 20.1. The molecule has 148 valence electrons. The molecular weight excluding hydrogens is 352 g/mol. The molecule has 0 saturated carbocycles. The summed E-state index contributed by atoms with van der Waals surface area (Å²) in [6, 6.07) is 7.50. The van der Waals surface area contributed by atoms with Gasteiger partial charge in [0.1, 0.15) is 0 Å². The Hall–Kier alpha value is -2.49. The molecule has 1 heterocycles. The summed E-state index contributed by atoms with van der Waals surface area (Å²) in [5.41, 5.74) is 1.64. The van der Waals surface area contributed by atoms with E-state index in [2.05, 4.69) is 6.92 Å². The van der Waals surface area contributed by atoms with E-state index < -0.39 is 11.9 Å². The van der Waals surface area contributed by atoms with Gasteiger partial charge in [-0.15, -0.1) is 0 Å². The Kier molecular flexibility index (Phi) is 6.61. The second-order valence-electron chi connectivity index (χ2n) is 7.61. The van der Waals surface area contributed by atoms with E-state index in [0.717, 1.165) is 30.2 Å². The fourth-order valence-electron chi connectivity index (χ4n) is 4.20. The summed E-state index contributed by atoms with van der Waals surface area (Å²) in [7, 11) is 0. The van der Waals surface area contributed by atoms with Gasteiger partial charge < -0.3 is 4.74 Å². The van der Waals surface area contributed by atoms with Crippen molar-refractivity contribution in [2.45, 2.75) is 71.6 Å². The molecular formula is C24H28O4. The van der Waals surface area contributed by atoms with E-state index in [9.17, 15) is 14.4 Å². The van der Waals surface area contributed by atoms with E-state index >= 15 is 0 Å². The third-order valence-corrected chi connectivity index (χ3v) is 5.55. The van der Waals surface area contributed by atoms with E-state index in [1.807, 2.05) is 24.3 Å². The monoisotopic (exact) mass is 380 g/mol. The van der Waals surface area contributed by atoms with Gasteiger partial charge >= 0.3 is 11.9 Å². The molecule has 4 heteroatoms. The Labute approximate surface area is 166 Å². The molecule has 0 unspecified atom stereocenters. The number of aryl methyl sites for hydroxylation is 1. The van der Waals surface area contributed by atoms with Gasteiger partial charge in [0, 0.05) is 5.56 Å². The van der Waals surface area contributed by atoms with Gasteiger partial charge in [0.05, 0.1) is 11.1 Å². The Morgan fingerprint density at radius 1 is 0.821 bits per heavy atom. The summed E-state index contributed by atoms with van der Waals surface area (Å²) in [6.45, 7) is 3.68. The fourth-order valence-corrected chi connectivity index (χ4v) is 4.20. The molecule has 1 aliphatic rings. The summed E-state index contributed by atoms with van der Waals surface area (Å²) in [5, 5.41) is 1.58. The lowest BCUT2D eigenvalue weighted by Crippen LogP contribution is -2.10. The number of esters is 2. The van der Waals surface area contributed by atoms with Crippen molar-refractivity contribution >= 4 is 28.5 Å². The second-order valence-corrected chi connectivity index (χ2v) is 7.61. The first kappa shape index (κ1) is 20.2. The molecule has 0 fully saturated rings. The van der Waals surface area contributed by atoms with Crippen LogP contribution in [0.25, 0.3) is 10.8 Å². The standard InChI is InChI=1S/C24H28O4/c1-3-4-5-6-7-8-9-10-14-18-17-13-11-12-15-19(17)21-22(20(18)16(2)25)24(27)28-23(21)26/h11-13,15H,3-10,14H2,1-2H3. The molecule has 0 amide bonds. The summed E-state index contributed by atoms with van der Waals surface area (Å²) < 4.78 is 4.85. The van der Waals surface area contributed by atoms with Crippen LogP contribution in [0.1, 0.15) is 102 Å². The van der Waals surface area contributed by atoms with Crippen LogP contribution < -0.4 is 0 Å². The van der Waals surface area contributed by atoms with E-state index in [4.69, 9.17) is 4.74 Å². The minimum absolute atomic E-state index is 0.158. The molecule has 28 heavy (non-hydrogen) atoms. The van der Waals surface area contributed by atoms with E-state index in [-0.39, 0.29) is 16.9 Å². The Morgan fingerprint density at radius 2 is 1.39 bits per heavy atom. The fraction of sp³-hybridized carbons (Fsp3) is 0.458. The quantitative estimate of drug-likeness (QED) is 0.218. The van der Waals surface area contributed by atoms with Gasteiger partial charge in [-0.25, -0.2) is 9.59 Å². The smallest absolute Gasteiger partial charge is 0.347 e. The minimum atomic E-state index is -0.701. The molecule has 0 radical (unpaired) electrons. The van der Waals surface area contributed by atoms with Crippen molar-refractivity contribution in [3.63, 3.8) is 0 Å². The second kappa shape index (κ2) is 9.13. The molecule has 0 bridgehead atoms. The molecule has 2 aromatic carbocycles. The number of cyclic esters (lactones) is 2. The number of carbonyl (C=O) groups is 3. The molecule has 4 nitrogen and oxygen atoms in total. The first-order valence-corrected chi connectivity index (χ1v) is 10.4. The molecule has 2 aromatic rings. The lowest BCUT2D eigenvalue weighted by Gasteiger charge is -2.14. The number of hydrogen-bond acceptors (Lipinski definition) is 4. The maximum atomic E-state index is 12.4. The van der Waals surface area contributed by atoms with Crippen molar-refractivity contribution in [1.82, 2.24) is 0 Å². The Bertz CT molecular complexity index is 910. The first-order chi connectivity index (χ1) is 13.6. The SMILES string of the molecule is CCCCCCCCCCc1c(C(C)=O)c2c(c3ccccc13)C(=O)OC2=O. The Morgan fingerprint density at radius 3 is 2.04 bits per heavy atom. The zero-order valence-electron chi connectivity index (χ0n) is 16.8. The van der Waals surface area contributed by atoms with Gasteiger partial charge in [0.15, 0.2) is 5.78 Å². The number of rotatable bonds is 10. The van der Waals surface area contributed by atoms with Gasteiger partial charge in [0.25, 0.3) is 0 Å². The molecule has 0 N–H and O–H groups in total. The van der Waals surface area contributed by atoms with Gasteiger partial charge in [-0.1, -0.05) is 76.1 Å². The van der Waals surface area contributed by atoms with Gasteiger partial charge in [-0.2, -0.15) is 0 Å². The number of ketones is 1. The van der Waals surface area contributed by atoms with Crippen molar-refractivity contribution in [1.29, 1.82) is 0 Å². The number of carbonyl (C=O) groups excluding carboxylic acids is 3. The number of hydrogen-bond donors (Lipinski definition) is 0. The van der Waals surface area contributed by atoms with Crippen LogP contribution in [0.15, 0.2) is 24.3 Å². The summed E-state index contributed by atoms with van der Waals surface area (Å²) in [5.74, 6) is -1.55. The topological polar surface area (TPSA) is 60.4 Å². The van der Waals surface area contributed by atoms with Crippen LogP contribution in [0.2, 0.25) is 0 Å². The lowest BCUT2D eigenvalue weighted by molar-refractivity contribution is 0.0443. The van der Waals surface area contributed by atoms with Crippen LogP contribution in [-0.4, -0.2) is 17.7 Å². The average molecular weight is 380 g/mol. The van der Waals surface area contributed by atoms with Crippen LogP contribution in [0.4, 0.5) is 0 Å². The summed E-state index contributed by atoms with van der Waals surface area (Å²) in [4.78, 5) is 37.0. The molecule has 0 saturated heterocycles. The Balaban J connectivity index is 1.86. The van der Waals surface area contributed by atoms with E-state index in [1.54, 1.807) is 0 Å². The van der Waals surface area contributed by atoms with Gasteiger partial charge in [-0.05, 0) is 36.1 Å². The van der Waals surface area contributed by atoms with Crippen molar-refractivity contribution in [2.24, 2.45) is 0 Å². The molecule has 3 rings (SSSR count). The number of ether oxygens (including phenoxy) is 1. The number of Topliss-reactive ketones (excluding diaryl/α,β-unsaturated/α-hetero) is 1. The average Bonchev–Trinajstić information content (AvgIpc) is 2.97. The highest BCUT2D eigenvalue weighted by Crippen LogP contribution is 2.36. The van der Waals surface area contributed by atoms with Crippen LogP contribution in [0, 0.1) is 0 Å². The third kappa shape index (κ3) is 4.01. The molecule has 0 atom stereocenters. The van der Waals surface area contributed by atoms with Gasteiger partial charge in [-0.3, -0.25) is 4.79 Å². The highest BCUT2D eigenvalue weighted by atomic mass is 16.6. The molecule has 0 aromatic heterocycles. The van der Waals surface area contributed by atoms with Crippen molar-refractivity contribution in [3.05, 3.63) is 46.5 Å². The normalized spacial score (nSPS) is 13.1. The summed E-state index contributed by atoms with van der Waals surface area (Å²) >= 11 is 0. The summed E-state index contributed by atoms with van der Waals surface area (Å²) in [6.07, 6.45) is 10.3. The van der Waals surface area contributed by atoms with E-state index in [0.29, 0.717) is 10.9 Å². The number of unbranched alkanes of at least 4 members (excludes halogenated alkanes) is 7. The van der Waals surface area contributed by atoms with Crippen LogP contribution in [0.5, 0.6) is 0 Å². The van der Waals surface area contributed by atoms with Crippen molar-refractivity contribution in [3.8, 4) is 0 Å². The molecule has 0 aliphatic carbocycles. The van der Waals surface area contributed by atoms with Gasteiger partial charge in [0.2, 0.25) is 0 Å². The predicted molar refractivity (Wildman–Crippen MR) is 110 cm³/mol. The van der Waals surface area contributed by atoms with E-state index in [1.165, 1.54) is 45.4 Å². The molecule has 1 aliphatic heterocycles. The van der Waals surface area contributed by atoms with Crippen LogP contribution >= 0.6 is 0 Å². The highest BCUT2D eigenvalue weighted by Gasteiger charge is 2.37. The molecule has 0 spiro atoms. The third-order valence-electron chi connectivity index (χ3n) is 5.55. The van der Waals surface area contributed by atoms with Crippen molar-refractivity contribution < 1.29 is 19.1 Å². The maximum absolute atomic E-state index is 12.4. The predicted octanol–water partition coefficient (Wildman–Crippen LogP) is 6.04. The number of benzene rings is 2. The minimum Gasteiger partial charge on any atom is -0.386 e. The van der Waals surface area contributed by atoms with Crippen LogP contribution in [-0.2, 0) is 11.2 Å². The zero-order valence-corrected chi connectivity index (χ0v) is 16.8. The first-order valence-electron chi connectivity index (χ1n) is 10.4. The van der Waals surface area contributed by atoms with Crippen LogP contribution in [0.3, 0.4) is 0 Å².